The fraction of sp³-hybridized carbons (Fsp3) is 0.438. The summed E-state index contributed by atoms with van der Waals surface area (Å²) < 4.78 is 48.4. The Labute approximate surface area is 248 Å². The fourth-order valence-electron chi connectivity index (χ4n) is 5.79. The van der Waals surface area contributed by atoms with E-state index in [1.165, 1.54) is 19.4 Å². The Morgan fingerprint density at radius 2 is 1.95 bits per heavy atom. The van der Waals surface area contributed by atoms with Crippen LogP contribution in [0, 0.1) is 28.4 Å². The van der Waals surface area contributed by atoms with Crippen molar-refractivity contribution in [1.82, 2.24) is 15.0 Å². The molecule has 6 rings (SSSR count). The zero-order chi connectivity index (χ0) is 30.4. The Bertz CT molecular complexity index is 1750. The minimum absolute atomic E-state index is 0.0252. The number of fused-ring (bicyclic) bond motifs is 2. The minimum atomic E-state index is -0.955. The number of benzene rings is 2. The number of halogens is 2. The second-order valence-corrected chi connectivity index (χ2v) is 11.7. The number of piperidine rings is 1. The lowest BCUT2D eigenvalue weighted by Crippen LogP contribution is -2.46. The predicted octanol–water partition coefficient (Wildman–Crippen LogP) is 5.70. The molecule has 1 saturated carbocycles. The van der Waals surface area contributed by atoms with E-state index in [4.69, 9.17) is 14.2 Å². The molecule has 3 heterocycles. The van der Waals surface area contributed by atoms with Gasteiger partial charge in [0.1, 0.15) is 35.2 Å². The van der Waals surface area contributed by atoms with Crippen LogP contribution >= 0.6 is 0 Å². The largest absolute Gasteiger partial charge is 0.468 e. The maximum absolute atomic E-state index is 16.7. The van der Waals surface area contributed by atoms with Crippen LogP contribution in [0.4, 0.5) is 14.6 Å². The van der Waals surface area contributed by atoms with E-state index in [2.05, 4.69) is 21.0 Å². The minimum Gasteiger partial charge on any atom is -0.468 e. The number of rotatable bonds is 9. The quantitative estimate of drug-likeness (QED) is 0.246. The second-order valence-electron chi connectivity index (χ2n) is 11.7. The van der Waals surface area contributed by atoms with Gasteiger partial charge in [0, 0.05) is 32.0 Å². The molecule has 224 valence electrons. The van der Waals surface area contributed by atoms with Crippen LogP contribution in [0.3, 0.4) is 0 Å². The molecule has 0 bridgehead atoms. The van der Waals surface area contributed by atoms with Crippen LogP contribution in [0.2, 0.25) is 0 Å². The first-order valence-corrected chi connectivity index (χ1v) is 14.4. The van der Waals surface area contributed by atoms with Gasteiger partial charge in [-0.2, -0.15) is 15.2 Å². The van der Waals surface area contributed by atoms with Gasteiger partial charge < -0.3 is 24.2 Å². The van der Waals surface area contributed by atoms with Gasteiger partial charge in [-0.1, -0.05) is 13.0 Å². The van der Waals surface area contributed by atoms with Gasteiger partial charge >= 0.3 is 6.01 Å². The molecule has 0 spiro atoms. The van der Waals surface area contributed by atoms with Crippen molar-refractivity contribution in [2.45, 2.75) is 51.6 Å². The molecule has 2 aromatic carbocycles. The number of aryl methyl sites for hydroxylation is 1. The van der Waals surface area contributed by atoms with Gasteiger partial charge in [0.2, 0.25) is 0 Å². The molecule has 1 aliphatic heterocycles. The first kappa shape index (κ1) is 29.0. The summed E-state index contributed by atoms with van der Waals surface area (Å²) in [6, 6.07) is 8.62. The van der Waals surface area contributed by atoms with Crippen molar-refractivity contribution in [2.75, 3.05) is 38.5 Å². The summed E-state index contributed by atoms with van der Waals surface area (Å²) in [6.45, 7) is 4.54. The van der Waals surface area contributed by atoms with Gasteiger partial charge in [-0.15, -0.1) is 0 Å². The maximum Gasteiger partial charge on any atom is 0.319 e. The van der Waals surface area contributed by atoms with Gasteiger partial charge in [-0.3, -0.25) is 4.98 Å². The summed E-state index contributed by atoms with van der Waals surface area (Å²) in [6.07, 6.45) is 4.66. The number of hydrogen-bond donors (Lipinski definition) is 1. The smallest absolute Gasteiger partial charge is 0.319 e. The third-order valence-electron chi connectivity index (χ3n) is 8.28. The number of ether oxygens (including phenoxy) is 3. The van der Waals surface area contributed by atoms with Crippen molar-refractivity contribution in [3.63, 3.8) is 0 Å². The van der Waals surface area contributed by atoms with E-state index in [-0.39, 0.29) is 37.2 Å². The molecule has 1 aliphatic carbocycles. The highest BCUT2D eigenvalue weighted by Crippen LogP contribution is 2.45. The Hall–Kier alpha value is -4.14. The second kappa shape index (κ2) is 11.2. The third kappa shape index (κ3) is 5.53. The zero-order valence-corrected chi connectivity index (χ0v) is 24.4. The average Bonchev–Trinajstić information content (AvgIpc) is 3.79. The summed E-state index contributed by atoms with van der Waals surface area (Å²) in [4.78, 5) is 15.5. The first-order valence-electron chi connectivity index (χ1n) is 14.4. The molecule has 0 amide bonds. The van der Waals surface area contributed by atoms with Crippen LogP contribution in [0.25, 0.3) is 32.9 Å². The lowest BCUT2D eigenvalue weighted by molar-refractivity contribution is 0.0447. The normalized spacial score (nSPS) is 19.4. The van der Waals surface area contributed by atoms with Gasteiger partial charge in [0.15, 0.2) is 12.6 Å². The number of hydrogen-bond acceptors (Lipinski definition) is 9. The van der Waals surface area contributed by atoms with Gasteiger partial charge in [-0.05, 0) is 73.6 Å². The first-order chi connectivity index (χ1) is 20.7. The maximum atomic E-state index is 16.7. The number of pyridine rings is 1. The van der Waals surface area contributed by atoms with Crippen molar-refractivity contribution in [3.05, 3.63) is 47.7 Å². The summed E-state index contributed by atoms with van der Waals surface area (Å²) in [7, 11) is 1.50. The Kier molecular flexibility index (Phi) is 7.52. The van der Waals surface area contributed by atoms with Crippen molar-refractivity contribution in [1.29, 1.82) is 5.26 Å². The topological polar surface area (TPSA) is 114 Å². The van der Waals surface area contributed by atoms with Crippen molar-refractivity contribution in [3.8, 4) is 29.1 Å². The van der Waals surface area contributed by atoms with Gasteiger partial charge in [-0.25, -0.2) is 8.78 Å². The highest BCUT2D eigenvalue weighted by Gasteiger charge is 2.44. The molecule has 2 aromatic heterocycles. The van der Waals surface area contributed by atoms with Crippen molar-refractivity contribution >= 4 is 27.5 Å². The van der Waals surface area contributed by atoms with Crippen LogP contribution in [0.15, 0.2) is 30.5 Å². The fourth-order valence-corrected chi connectivity index (χ4v) is 5.79. The molecule has 43 heavy (non-hydrogen) atoms. The highest BCUT2D eigenvalue weighted by atomic mass is 19.1. The molecule has 1 saturated heterocycles. The lowest BCUT2D eigenvalue weighted by Gasteiger charge is -2.37. The summed E-state index contributed by atoms with van der Waals surface area (Å²) in [5.41, 5.74) is -0.813. The van der Waals surface area contributed by atoms with E-state index in [9.17, 15) is 10.4 Å². The molecule has 0 unspecified atom stereocenters. The molecular weight excluding hydrogens is 556 g/mol. The van der Waals surface area contributed by atoms with E-state index < -0.39 is 22.7 Å². The van der Waals surface area contributed by atoms with E-state index in [1.54, 1.807) is 25.1 Å². The van der Waals surface area contributed by atoms with E-state index in [0.717, 1.165) is 0 Å². The Morgan fingerprint density at radius 1 is 1.14 bits per heavy atom. The monoisotopic (exact) mass is 589 g/mol. The van der Waals surface area contributed by atoms with Crippen molar-refractivity contribution in [2.24, 2.45) is 5.41 Å². The number of aliphatic hydroxyl groups is 1. The van der Waals surface area contributed by atoms with E-state index in [0.29, 0.717) is 77.5 Å². The standard InChI is InChI=1S/C32H33F2N5O4/c1-4-21-24(33)7-6-19-12-20(43-18-41-3)13-22(25(19)21)27-26(34)28-23(14-36-27)29(39-11-5-8-31(2,40)16-39)38-30(37-28)42-17-32(15-35)9-10-32/h6-7,12-14,40H,4-5,8-11,16-18H2,1-3H3/t31-/m1/s1. The van der Waals surface area contributed by atoms with Gasteiger partial charge in [0.05, 0.1) is 22.5 Å². The van der Waals surface area contributed by atoms with E-state index >= 15 is 8.78 Å². The molecule has 1 N–H and O–H groups in total. The molecule has 0 radical (unpaired) electrons. The molecular formula is C32H33F2N5O4. The lowest BCUT2D eigenvalue weighted by atomic mass is 9.94. The van der Waals surface area contributed by atoms with Crippen LogP contribution in [-0.4, -0.2) is 59.3 Å². The van der Waals surface area contributed by atoms with Crippen molar-refractivity contribution < 1.29 is 28.1 Å². The molecule has 2 fully saturated rings. The van der Waals surface area contributed by atoms with Gasteiger partial charge in [0.25, 0.3) is 0 Å². The average molecular weight is 590 g/mol. The molecule has 9 nitrogen and oxygen atoms in total. The Balaban J connectivity index is 1.55. The zero-order valence-electron chi connectivity index (χ0n) is 24.4. The molecule has 1 atom stereocenters. The number of β-amino-alcohol motifs (C(OH)–C–C–N with tert-alkyl or cyclic N) is 1. The highest BCUT2D eigenvalue weighted by molar-refractivity contribution is 6.01. The van der Waals surface area contributed by atoms with Crippen LogP contribution in [-0.2, 0) is 11.2 Å². The van der Waals surface area contributed by atoms with Crippen LogP contribution in [0.5, 0.6) is 11.8 Å². The number of nitriles is 1. The third-order valence-corrected chi connectivity index (χ3v) is 8.28. The summed E-state index contributed by atoms with van der Waals surface area (Å²) in [5, 5.41) is 21.9. The number of aromatic nitrogens is 3. The molecule has 2 aliphatic rings. The number of anilines is 1. The predicted molar refractivity (Wildman–Crippen MR) is 157 cm³/mol. The van der Waals surface area contributed by atoms with E-state index in [1.807, 2.05) is 11.8 Å². The Morgan fingerprint density at radius 3 is 2.65 bits per heavy atom. The SMILES string of the molecule is CCc1c(F)ccc2cc(OCOC)cc(-c3ncc4c(N5CCC[C@@](C)(O)C5)nc(OCC5(C#N)CC5)nc4c3F)c12. The molecule has 4 aromatic rings. The van der Waals surface area contributed by atoms with Crippen LogP contribution < -0.4 is 14.4 Å². The van der Waals surface area contributed by atoms with Crippen LogP contribution in [0.1, 0.15) is 45.1 Å². The molecule has 11 heteroatoms. The summed E-state index contributed by atoms with van der Waals surface area (Å²) >= 11 is 0. The number of nitrogens with zero attached hydrogens (tertiary/aromatic N) is 5. The number of methoxy groups -OCH3 is 1. The summed E-state index contributed by atoms with van der Waals surface area (Å²) in [5.74, 6) is -0.324.